The molecule has 0 aliphatic rings. The minimum absolute atomic E-state index is 0.125. The molecule has 4 nitrogen and oxygen atoms in total. The van der Waals surface area contributed by atoms with E-state index in [2.05, 4.69) is 20.7 Å². The molecule has 0 atom stereocenters. The maximum absolute atomic E-state index is 12.2. The normalized spacial score (nSPS) is 12.6. The number of benzene rings is 1. The SMILES string of the molecule is CC(C)(CCCO)CNS(=O)(=O)c1ccccc1Br. The molecule has 1 aromatic rings. The van der Waals surface area contributed by atoms with Crippen molar-refractivity contribution < 1.29 is 13.5 Å². The minimum Gasteiger partial charge on any atom is -0.396 e. The maximum atomic E-state index is 12.2. The van der Waals surface area contributed by atoms with Crippen molar-refractivity contribution in [3.05, 3.63) is 28.7 Å². The summed E-state index contributed by atoms with van der Waals surface area (Å²) in [5.74, 6) is 0. The van der Waals surface area contributed by atoms with Crippen LogP contribution >= 0.6 is 15.9 Å². The van der Waals surface area contributed by atoms with Crippen molar-refractivity contribution in [2.75, 3.05) is 13.2 Å². The number of rotatable bonds is 7. The smallest absolute Gasteiger partial charge is 0.241 e. The molecule has 0 amide bonds. The number of sulfonamides is 1. The van der Waals surface area contributed by atoms with Gasteiger partial charge in [0.25, 0.3) is 0 Å². The van der Waals surface area contributed by atoms with E-state index in [-0.39, 0.29) is 16.9 Å². The zero-order chi connectivity index (χ0) is 14.5. The Morgan fingerprint density at radius 1 is 1.32 bits per heavy atom. The van der Waals surface area contributed by atoms with Crippen molar-refractivity contribution in [1.82, 2.24) is 4.72 Å². The first-order valence-corrected chi connectivity index (χ1v) is 8.41. The number of hydrogen-bond acceptors (Lipinski definition) is 3. The predicted octanol–water partition coefficient (Wildman–Crippen LogP) is 2.53. The third-order valence-electron chi connectivity index (χ3n) is 2.88. The van der Waals surface area contributed by atoms with E-state index in [1.165, 1.54) is 0 Å². The Kier molecular flexibility index (Phi) is 5.98. The summed E-state index contributed by atoms with van der Waals surface area (Å²) in [5, 5.41) is 8.83. The molecule has 0 radical (unpaired) electrons. The zero-order valence-electron chi connectivity index (χ0n) is 11.2. The third-order valence-corrected chi connectivity index (χ3v) is 5.29. The zero-order valence-corrected chi connectivity index (χ0v) is 13.6. The van der Waals surface area contributed by atoms with E-state index in [4.69, 9.17) is 5.11 Å². The molecule has 1 rings (SSSR count). The highest BCUT2D eigenvalue weighted by atomic mass is 79.9. The van der Waals surface area contributed by atoms with Crippen LogP contribution in [0.2, 0.25) is 0 Å². The molecule has 19 heavy (non-hydrogen) atoms. The summed E-state index contributed by atoms with van der Waals surface area (Å²) in [6.45, 7) is 4.42. The van der Waals surface area contributed by atoms with Crippen molar-refractivity contribution in [1.29, 1.82) is 0 Å². The second-order valence-corrected chi connectivity index (χ2v) is 7.84. The summed E-state index contributed by atoms with van der Waals surface area (Å²) in [6.07, 6.45) is 1.44. The molecule has 1 aromatic carbocycles. The summed E-state index contributed by atoms with van der Waals surface area (Å²) in [6, 6.07) is 6.73. The fourth-order valence-electron chi connectivity index (χ4n) is 1.68. The molecule has 0 saturated heterocycles. The van der Waals surface area contributed by atoms with Gasteiger partial charge in [0, 0.05) is 17.6 Å². The standard InChI is InChI=1S/C13H20BrNO3S/c1-13(2,8-5-9-16)10-15-19(17,18)12-7-4-3-6-11(12)14/h3-4,6-7,15-16H,5,8-10H2,1-2H3. The molecule has 0 heterocycles. The molecule has 0 saturated carbocycles. The number of halogens is 1. The highest BCUT2D eigenvalue weighted by Crippen LogP contribution is 2.24. The van der Waals surface area contributed by atoms with Crippen molar-refractivity contribution >= 4 is 26.0 Å². The second-order valence-electron chi connectivity index (χ2n) is 5.25. The Morgan fingerprint density at radius 2 is 1.95 bits per heavy atom. The molecule has 0 fully saturated rings. The highest BCUT2D eigenvalue weighted by molar-refractivity contribution is 9.10. The first kappa shape index (κ1) is 16.6. The third kappa shape index (κ3) is 5.22. The lowest BCUT2D eigenvalue weighted by Gasteiger charge is -2.24. The summed E-state index contributed by atoms with van der Waals surface area (Å²) in [7, 11) is -3.51. The lowest BCUT2D eigenvalue weighted by Crippen LogP contribution is -2.34. The van der Waals surface area contributed by atoms with Crippen molar-refractivity contribution in [2.24, 2.45) is 5.41 Å². The predicted molar refractivity (Wildman–Crippen MR) is 79.4 cm³/mol. The lowest BCUT2D eigenvalue weighted by atomic mass is 9.88. The van der Waals surface area contributed by atoms with E-state index in [0.29, 0.717) is 17.4 Å². The van der Waals surface area contributed by atoms with Gasteiger partial charge >= 0.3 is 0 Å². The molecule has 0 bridgehead atoms. The van der Waals surface area contributed by atoms with Crippen LogP contribution in [0.4, 0.5) is 0 Å². The summed E-state index contributed by atoms with van der Waals surface area (Å²) in [4.78, 5) is 0.243. The van der Waals surface area contributed by atoms with Crippen LogP contribution in [0, 0.1) is 5.41 Å². The molecule has 0 aliphatic carbocycles. The van der Waals surface area contributed by atoms with Crippen LogP contribution in [-0.4, -0.2) is 26.7 Å². The average Bonchev–Trinajstić information content (AvgIpc) is 2.35. The Bertz CT molecular complexity index is 514. The highest BCUT2D eigenvalue weighted by Gasteiger charge is 2.23. The molecule has 2 N–H and O–H groups in total. The Hall–Kier alpha value is -0.430. The number of aliphatic hydroxyl groups is 1. The van der Waals surface area contributed by atoms with Gasteiger partial charge in [-0.2, -0.15) is 0 Å². The minimum atomic E-state index is -3.51. The molecule has 108 valence electrons. The summed E-state index contributed by atoms with van der Waals surface area (Å²) >= 11 is 3.24. The first-order valence-electron chi connectivity index (χ1n) is 6.13. The van der Waals surface area contributed by atoms with E-state index >= 15 is 0 Å². The first-order chi connectivity index (χ1) is 8.78. The second kappa shape index (κ2) is 6.83. The lowest BCUT2D eigenvalue weighted by molar-refractivity contribution is 0.242. The van der Waals surface area contributed by atoms with Crippen LogP contribution in [0.3, 0.4) is 0 Å². The van der Waals surface area contributed by atoms with E-state index in [1.807, 2.05) is 13.8 Å². The van der Waals surface area contributed by atoms with Crippen molar-refractivity contribution in [2.45, 2.75) is 31.6 Å². The van der Waals surface area contributed by atoms with Crippen LogP contribution < -0.4 is 4.72 Å². The van der Waals surface area contributed by atoms with E-state index in [0.717, 1.165) is 6.42 Å². The van der Waals surface area contributed by atoms with Crippen LogP contribution in [0.15, 0.2) is 33.6 Å². The van der Waals surface area contributed by atoms with Crippen molar-refractivity contribution in [3.63, 3.8) is 0 Å². The van der Waals surface area contributed by atoms with Gasteiger partial charge in [-0.3, -0.25) is 0 Å². The Morgan fingerprint density at radius 3 is 2.53 bits per heavy atom. The van der Waals surface area contributed by atoms with Gasteiger partial charge < -0.3 is 5.11 Å². The van der Waals surface area contributed by atoms with Gasteiger partial charge in [-0.1, -0.05) is 26.0 Å². The fourth-order valence-corrected chi connectivity index (χ4v) is 3.92. The monoisotopic (exact) mass is 349 g/mol. The maximum Gasteiger partial charge on any atom is 0.241 e. The van der Waals surface area contributed by atoms with Gasteiger partial charge in [0.2, 0.25) is 10.0 Å². The molecule has 0 unspecified atom stereocenters. The topological polar surface area (TPSA) is 66.4 Å². The number of aliphatic hydroxyl groups excluding tert-OH is 1. The van der Waals surface area contributed by atoms with Gasteiger partial charge in [0.05, 0.1) is 4.90 Å². The summed E-state index contributed by atoms with van der Waals surface area (Å²) < 4.78 is 27.5. The molecule has 0 spiro atoms. The van der Waals surface area contributed by atoms with Gasteiger partial charge in [-0.05, 0) is 46.3 Å². The molecule has 6 heteroatoms. The van der Waals surface area contributed by atoms with Gasteiger partial charge in [-0.25, -0.2) is 13.1 Å². The van der Waals surface area contributed by atoms with E-state index in [1.54, 1.807) is 24.3 Å². The van der Waals surface area contributed by atoms with Gasteiger partial charge in [0.15, 0.2) is 0 Å². The van der Waals surface area contributed by atoms with Crippen LogP contribution in [0.5, 0.6) is 0 Å². The van der Waals surface area contributed by atoms with Gasteiger partial charge in [-0.15, -0.1) is 0 Å². The van der Waals surface area contributed by atoms with E-state index in [9.17, 15) is 8.42 Å². The van der Waals surface area contributed by atoms with Gasteiger partial charge in [0.1, 0.15) is 0 Å². The molecular formula is C13H20BrNO3S. The molecule has 0 aromatic heterocycles. The number of hydrogen-bond donors (Lipinski definition) is 2. The molecular weight excluding hydrogens is 330 g/mol. The Labute approximate surface area is 123 Å². The molecule has 0 aliphatic heterocycles. The van der Waals surface area contributed by atoms with Crippen LogP contribution in [0.25, 0.3) is 0 Å². The quantitative estimate of drug-likeness (QED) is 0.794. The number of nitrogens with one attached hydrogen (secondary N) is 1. The Balaban J connectivity index is 2.74. The van der Waals surface area contributed by atoms with Crippen molar-refractivity contribution in [3.8, 4) is 0 Å². The van der Waals surface area contributed by atoms with Crippen LogP contribution in [0.1, 0.15) is 26.7 Å². The average molecular weight is 350 g/mol. The fraction of sp³-hybridized carbons (Fsp3) is 0.538. The largest absolute Gasteiger partial charge is 0.396 e. The van der Waals surface area contributed by atoms with E-state index < -0.39 is 10.0 Å². The van der Waals surface area contributed by atoms with Crippen LogP contribution in [-0.2, 0) is 10.0 Å². The summed E-state index contributed by atoms with van der Waals surface area (Å²) in [5.41, 5.74) is -0.183.